The van der Waals surface area contributed by atoms with E-state index >= 15 is 0 Å². The number of imide groups is 1. The van der Waals surface area contributed by atoms with Crippen LogP contribution in [0.1, 0.15) is 26.3 Å². The SMILES string of the molecule is O=C1c2ccccc2C(=O)N1c1ccc2c(=O)n(Cc3ccccc3F)cnc2c1. The largest absolute Gasteiger partial charge is 0.294 e. The van der Waals surface area contributed by atoms with E-state index in [-0.39, 0.29) is 12.1 Å². The fraction of sp³-hybridized carbons (Fsp3) is 0.0435. The maximum absolute atomic E-state index is 13.9. The molecule has 2 amide bonds. The molecule has 2 heterocycles. The van der Waals surface area contributed by atoms with Gasteiger partial charge >= 0.3 is 0 Å². The van der Waals surface area contributed by atoms with Gasteiger partial charge in [0.1, 0.15) is 5.82 Å². The van der Waals surface area contributed by atoms with E-state index in [0.29, 0.717) is 33.3 Å². The summed E-state index contributed by atoms with van der Waals surface area (Å²) >= 11 is 0. The molecule has 3 aromatic carbocycles. The van der Waals surface area contributed by atoms with E-state index in [0.717, 1.165) is 4.90 Å². The number of halogens is 1. The molecule has 6 nitrogen and oxygen atoms in total. The molecule has 4 aromatic rings. The molecule has 0 N–H and O–H groups in total. The lowest BCUT2D eigenvalue weighted by molar-refractivity contribution is 0.0926. The normalized spacial score (nSPS) is 13.2. The second-order valence-electron chi connectivity index (χ2n) is 6.96. The molecule has 0 saturated heterocycles. The van der Waals surface area contributed by atoms with Crippen LogP contribution in [0.5, 0.6) is 0 Å². The summed E-state index contributed by atoms with van der Waals surface area (Å²) in [5.41, 5.74) is 1.42. The topological polar surface area (TPSA) is 72.3 Å². The van der Waals surface area contributed by atoms with E-state index in [2.05, 4.69) is 4.98 Å². The highest BCUT2D eigenvalue weighted by atomic mass is 19.1. The Balaban J connectivity index is 1.54. The number of anilines is 1. The summed E-state index contributed by atoms with van der Waals surface area (Å²) < 4.78 is 15.2. The lowest BCUT2D eigenvalue weighted by atomic mass is 10.1. The zero-order chi connectivity index (χ0) is 20.8. The standard InChI is InChI=1S/C23H14FN3O3/c24-19-8-4-1-5-14(19)12-26-13-25-20-11-15(9-10-18(20)21(26)28)27-22(29)16-6-2-3-7-17(16)23(27)30/h1-11,13H,12H2. The average Bonchev–Trinajstić information content (AvgIpc) is 3.02. The van der Waals surface area contributed by atoms with E-state index in [4.69, 9.17) is 0 Å². The molecule has 0 bridgehead atoms. The van der Waals surface area contributed by atoms with Gasteiger partial charge in [-0.25, -0.2) is 14.3 Å². The van der Waals surface area contributed by atoms with Crippen molar-refractivity contribution in [1.82, 2.24) is 9.55 Å². The van der Waals surface area contributed by atoms with Crippen molar-refractivity contribution >= 4 is 28.4 Å². The lowest BCUT2D eigenvalue weighted by Gasteiger charge is -2.14. The van der Waals surface area contributed by atoms with Gasteiger partial charge in [-0.1, -0.05) is 30.3 Å². The third kappa shape index (κ3) is 2.71. The second-order valence-corrected chi connectivity index (χ2v) is 6.96. The molecule has 0 radical (unpaired) electrons. The summed E-state index contributed by atoms with van der Waals surface area (Å²) in [6.07, 6.45) is 1.34. The smallest absolute Gasteiger partial charge is 0.266 e. The molecule has 30 heavy (non-hydrogen) atoms. The van der Waals surface area contributed by atoms with Crippen LogP contribution in [0.15, 0.2) is 77.9 Å². The minimum atomic E-state index is -0.414. The molecule has 0 spiro atoms. The van der Waals surface area contributed by atoms with Crippen LogP contribution >= 0.6 is 0 Å². The summed E-state index contributed by atoms with van der Waals surface area (Å²) in [6.45, 7) is 0.0502. The number of nitrogens with zero attached hydrogens (tertiary/aromatic N) is 3. The Morgan fingerprint density at radius 3 is 2.20 bits per heavy atom. The molecular formula is C23H14FN3O3. The molecule has 0 atom stereocenters. The Morgan fingerprint density at radius 1 is 0.833 bits per heavy atom. The van der Waals surface area contributed by atoms with Gasteiger partial charge in [0.2, 0.25) is 0 Å². The van der Waals surface area contributed by atoms with E-state index in [1.54, 1.807) is 48.5 Å². The molecule has 0 unspecified atom stereocenters. The molecular weight excluding hydrogens is 385 g/mol. The zero-order valence-electron chi connectivity index (χ0n) is 15.6. The second kappa shape index (κ2) is 6.73. The molecule has 0 saturated carbocycles. The number of amides is 2. The molecule has 146 valence electrons. The van der Waals surface area contributed by atoms with Crippen molar-refractivity contribution in [2.75, 3.05) is 4.90 Å². The third-order valence-corrected chi connectivity index (χ3v) is 5.16. The van der Waals surface area contributed by atoms with Crippen LogP contribution in [-0.4, -0.2) is 21.4 Å². The van der Waals surface area contributed by atoms with Crippen LogP contribution in [0.2, 0.25) is 0 Å². The van der Waals surface area contributed by atoms with Crippen molar-refractivity contribution in [3.63, 3.8) is 0 Å². The first kappa shape index (κ1) is 17.9. The van der Waals surface area contributed by atoms with E-state index in [1.807, 2.05) is 0 Å². The number of carbonyl (C=O) groups excluding carboxylic acids is 2. The van der Waals surface area contributed by atoms with Crippen LogP contribution < -0.4 is 10.5 Å². The van der Waals surface area contributed by atoms with Crippen molar-refractivity contribution < 1.29 is 14.0 Å². The molecule has 1 aliphatic rings. The molecule has 7 heteroatoms. The number of fused-ring (bicyclic) bond motifs is 2. The highest BCUT2D eigenvalue weighted by Gasteiger charge is 2.36. The predicted octanol–water partition coefficient (Wildman–Crippen LogP) is 3.38. The molecule has 5 rings (SSSR count). The Hall–Kier alpha value is -4.13. The summed E-state index contributed by atoms with van der Waals surface area (Å²) in [5, 5.41) is 0.314. The van der Waals surface area contributed by atoms with E-state index in [1.165, 1.54) is 29.1 Å². The van der Waals surface area contributed by atoms with Gasteiger partial charge in [-0.15, -0.1) is 0 Å². The van der Waals surface area contributed by atoms with Crippen LogP contribution in [0, 0.1) is 5.82 Å². The summed E-state index contributed by atoms with van der Waals surface area (Å²) in [7, 11) is 0. The first-order valence-corrected chi connectivity index (χ1v) is 9.25. The van der Waals surface area contributed by atoms with Crippen LogP contribution in [0.4, 0.5) is 10.1 Å². The molecule has 0 aliphatic carbocycles. The first-order chi connectivity index (χ1) is 14.5. The number of hydrogen-bond acceptors (Lipinski definition) is 4. The number of hydrogen-bond donors (Lipinski definition) is 0. The lowest BCUT2D eigenvalue weighted by Crippen LogP contribution is -2.29. The quantitative estimate of drug-likeness (QED) is 0.495. The Morgan fingerprint density at radius 2 is 1.50 bits per heavy atom. The van der Waals surface area contributed by atoms with E-state index < -0.39 is 17.6 Å². The maximum Gasteiger partial charge on any atom is 0.266 e. The number of carbonyl (C=O) groups is 2. The van der Waals surface area contributed by atoms with Crippen LogP contribution in [-0.2, 0) is 6.54 Å². The van der Waals surface area contributed by atoms with Gasteiger partial charge in [0.05, 0.1) is 40.6 Å². The van der Waals surface area contributed by atoms with Gasteiger partial charge in [-0.05, 0) is 36.4 Å². The van der Waals surface area contributed by atoms with Crippen molar-refractivity contribution in [2.24, 2.45) is 0 Å². The van der Waals surface area contributed by atoms with Crippen molar-refractivity contribution in [3.05, 3.63) is 106 Å². The van der Waals surface area contributed by atoms with Gasteiger partial charge in [0.25, 0.3) is 17.4 Å². The number of aromatic nitrogens is 2. The average molecular weight is 399 g/mol. The van der Waals surface area contributed by atoms with Crippen molar-refractivity contribution in [1.29, 1.82) is 0 Å². The number of rotatable bonds is 3. The summed E-state index contributed by atoms with van der Waals surface area (Å²) in [6, 6.07) is 17.5. The predicted molar refractivity (Wildman–Crippen MR) is 109 cm³/mol. The Bertz CT molecular complexity index is 1380. The van der Waals surface area contributed by atoms with Crippen molar-refractivity contribution in [3.8, 4) is 0 Å². The Kier molecular flexibility index (Phi) is 4.03. The minimum Gasteiger partial charge on any atom is -0.294 e. The van der Waals surface area contributed by atoms with Crippen molar-refractivity contribution in [2.45, 2.75) is 6.54 Å². The fourth-order valence-corrected chi connectivity index (χ4v) is 3.63. The van der Waals surface area contributed by atoms with Gasteiger partial charge in [0.15, 0.2) is 0 Å². The molecule has 1 aliphatic heterocycles. The maximum atomic E-state index is 13.9. The molecule has 1 aromatic heterocycles. The van der Waals surface area contributed by atoms with Gasteiger partial charge in [-0.2, -0.15) is 0 Å². The summed E-state index contributed by atoms with van der Waals surface area (Å²) in [4.78, 5) is 43.6. The van der Waals surface area contributed by atoms with Crippen LogP contribution in [0.25, 0.3) is 10.9 Å². The van der Waals surface area contributed by atoms with Gasteiger partial charge < -0.3 is 0 Å². The van der Waals surface area contributed by atoms with Gasteiger partial charge in [-0.3, -0.25) is 19.0 Å². The highest BCUT2D eigenvalue weighted by molar-refractivity contribution is 6.34. The highest BCUT2D eigenvalue weighted by Crippen LogP contribution is 2.29. The Labute approximate surface area is 169 Å². The zero-order valence-corrected chi connectivity index (χ0v) is 15.6. The van der Waals surface area contributed by atoms with Crippen LogP contribution in [0.3, 0.4) is 0 Å². The summed E-state index contributed by atoms with van der Waals surface area (Å²) in [5.74, 6) is -1.23. The fourth-order valence-electron chi connectivity index (χ4n) is 3.63. The van der Waals surface area contributed by atoms with E-state index in [9.17, 15) is 18.8 Å². The third-order valence-electron chi connectivity index (χ3n) is 5.16. The minimum absolute atomic E-state index is 0.0502. The first-order valence-electron chi connectivity index (χ1n) is 9.25. The monoisotopic (exact) mass is 399 g/mol. The van der Waals surface area contributed by atoms with Gasteiger partial charge in [0, 0.05) is 5.56 Å². The number of benzene rings is 3. The molecule has 0 fully saturated rings.